The van der Waals surface area contributed by atoms with E-state index in [-0.39, 0.29) is 5.69 Å². The Morgan fingerprint density at radius 3 is 2.62 bits per heavy atom. The molecule has 0 spiro atoms. The number of nitrogens with one attached hydrogen (secondary N) is 1. The largest absolute Gasteiger partial charge is 0.448 e. The van der Waals surface area contributed by atoms with Crippen LogP contribution in [0, 0.1) is 18.6 Å². The van der Waals surface area contributed by atoms with Gasteiger partial charge in [-0.05, 0) is 43.0 Å². The van der Waals surface area contributed by atoms with E-state index < -0.39 is 29.6 Å². The quantitative estimate of drug-likeness (QED) is 0.674. The summed E-state index contributed by atoms with van der Waals surface area (Å²) in [5.41, 5.74) is 0.468. The highest BCUT2D eigenvalue weighted by molar-refractivity contribution is 7.21. The Morgan fingerprint density at radius 1 is 1.15 bits per heavy atom. The number of thiophene rings is 1. The third-order valence-electron chi connectivity index (χ3n) is 3.87. The molecule has 134 valence electrons. The van der Waals surface area contributed by atoms with Gasteiger partial charge in [-0.15, -0.1) is 11.3 Å². The van der Waals surface area contributed by atoms with E-state index in [1.807, 2.05) is 31.2 Å². The van der Waals surface area contributed by atoms with E-state index in [0.29, 0.717) is 4.88 Å². The molecule has 1 atom stereocenters. The number of fused-ring (bicyclic) bond motifs is 1. The molecule has 3 aromatic rings. The van der Waals surface area contributed by atoms with E-state index >= 15 is 0 Å². The Balaban J connectivity index is 1.73. The van der Waals surface area contributed by atoms with Gasteiger partial charge in [0.1, 0.15) is 16.5 Å². The molecule has 0 aliphatic carbocycles. The van der Waals surface area contributed by atoms with Gasteiger partial charge in [0, 0.05) is 10.8 Å². The third-order valence-corrected chi connectivity index (χ3v) is 5.12. The fourth-order valence-corrected chi connectivity index (χ4v) is 3.56. The van der Waals surface area contributed by atoms with E-state index in [4.69, 9.17) is 4.74 Å². The summed E-state index contributed by atoms with van der Waals surface area (Å²) in [7, 11) is 0. The van der Waals surface area contributed by atoms with Gasteiger partial charge in [0.25, 0.3) is 5.91 Å². The van der Waals surface area contributed by atoms with Gasteiger partial charge in [0.05, 0.1) is 5.69 Å². The molecule has 2 aromatic carbocycles. The second-order valence-electron chi connectivity index (χ2n) is 5.71. The number of esters is 1. The monoisotopic (exact) mass is 375 g/mol. The van der Waals surface area contributed by atoms with Crippen molar-refractivity contribution in [1.82, 2.24) is 0 Å². The summed E-state index contributed by atoms with van der Waals surface area (Å²) in [6.07, 6.45) is -1.17. The SMILES string of the molecule is Cc1c(C(=O)O[C@@H](C)C(=O)Nc2cc(F)ccc2F)sc2ccccc12. The summed E-state index contributed by atoms with van der Waals surface area (Å²) >= 11 is 1.28. The molecular formula is C19H15F2NO3S. The molecular weight excluding hydrogens is 360 g/mol. The molecule has 0 radical (unpaired) electrons. The number of halogens is 2. The standard InChI is InChI=1S/C19H15F2NO3S/c1-10-13-5-3-4-6-16(13)26-17(10)19(24)25-11(2)18(23)22-15-9-12(20)7-8-14(15)21/h3-9,11H,1-2H3,(H,22,23)/t11-/m0/s1. The molecule has 1 amide bonds. The minimum atomic E-state index is -1.17. The van der Waals surface area contributed by atoms with Crippen molar-refractivity contribution in [3.05, 3.63) is 64.5 Å². The van der Waals surface area contributed by atoms with E-state index in [1.165, 1.54) is 18.3 Å². The van der Waals surface area contributed by atoms with Crippen LogP contribution in [-0.4, -0.2) is 18.0 Å². The molecule has 0 fully saturated rings. The number of amides is 1. The predicted octanol–water partition coefficient (Wildman–Crippen LogP) is 4.67. The average molecular weight is 375 g/mol. The number of benzene rings is 2. The van der Waals surface area contributed by atoms with Gasteiger partial charge in [0.15, 0.2) is 6.10 Å². The lowest BCUT2D eigenvalue weighted by molar-refractivity contribution is -0.123. The second kappa shape index (κ2) is 7.21. The minimum Gasteiger partial charge on any atom is -0.448 e. The van der Waals surface area contributed by atoms with Crippen molar-refractivity contribution in [2.75, 3.05) is 5.32 Å². The highest BCUT2D eigenvalue weighted by atomic mass is 32.1. The van der Waals surface area contributed by atoms with Crippen LogP contribution in [0.25, 0.3) is 10.1 Å². The van der Waals surface area contributed by atoms with Crippen molar-refractivity contribution >= 4 is 39.0 Å². The molecule has 4 nitrogen and oxygen atoms in total. The van der Waals surface area contributed by atoms with Gasteiger partial charge in [0.2, 0.25) is 0 Å². The molecule has 0 saturated carbocycles. The lowest BCUT2D eigenvalue weighted by atomic mass is 10.1. The average Bonchev–Trinajstić information content (AvgIpc) is 2.95. The zero-order chi connectivity index (χ0) is 18.8. The minimum absolute atomic E-state index is 0.309. The smallest absolute Gasteiger partial charge is 0.349 e. The van der Waals surface area contributed by atoms with Gasteiger partial charge in [-0.1, -0.05) is 18.2 Å². The first-order valence-corrected chi connectivity index (χ1v) is 8.63. The molecule has 1 N–H and O–H groups in total. The van der Waals surface area contributed by atoms with Gasteiger partial charge < -0.3 is 10.1 Å². The Kier molecular flexibility index (Phi) is 4.99. The van der Waals surface area contributed by atoms with Crippen LogP contribution in [0.3, 0.4) is 0 Å². The molecule has 1 aromatic heterocycles. The number of carbonyl (C=O) groups is 2. The normalized spacial score (nSPS) is 12.0. The number of anilines is 1. The van der Waals surface area contributed by atoms with Crippen LogP contribution in [0.15, 0.2) is 42.5 Å². The third kappa shape index (κ3) is 3.57. The highest BCUT2D eigenvalue weighted by Gasteiger charge is 2.23. The van der Waals surface area contributed by atoms with Crippen LogP contribution in [-0.2, 0) is 9.53 Å². The number of rotatable bonds is 4. The second-order valence-corrected chi connectivity index (χ2v) is 6.77. The maximum atomic E-state index is 13.6. The number of ether oxygens (including phenoxy) is 1. The summed E-state index contributed by atoms with van der Waals surface area (Å²) < 4.78 is 32.9. The fourth-order valence-electron chi connectivity index (χ4n) is 2.46. The molecule has 0 aliphatic rings. The topological polar surface area (TPSA) is 55.4 Å². The van der Waals surface area contributed by atoms with E-state index in [1.54, 1.807) is 0 Å². The highest BCUT2D eigenvalue weighted by Crippen LogP contribution is 2.31. The van der Waals surface area contributed by atoms with Crippen LogP contribution in [0.5, 0.6) is 0 Å². The summed E-state index contributed by atoms with van der Waals surface area (Å²) in [6, 6.07) is 10.3. The summed E-state index contributed by atoms with van der Waals surface area (Å²) in [6.45, 7) is 3.18. The van der Waals surface area contributed by atoms with Crippen LogP contribution >= 0.6 is 11.3 Å². The fraction of sp³-hybridized carbons (Fsp3) is 0.158. The van der Waals surface area contributed by atoms with Crippen LogP contribution in [0.2, 0.25) is 0 Å². The maximum absolute atomic E-state index is 13.6. The molecule has 26 heavy (non-hydrogen) atoms. The molecule has 3 rings (SSSR count). The molecule has 0 aliphatic heterocycles. The molecule has 1 heterocycles. The lowest BCUT2D eigenvalue weighted by Crippen LogP contribution is -2.30. The zero-order valence-corrected chi connectivity index (χ0v) is 14.8. The van der Waals surface area contributed by atoms with Gasteiger partial charge in [-0.25, -0.2) is 13.6 Å². The number of hydrogen-bond donors (Lipinski definition) is 1. The first kappa shape index (κ1) is 18.0. The van der Waals surface area contributed by atoms with Gasteiger partial charge in [-0.2, -0.15) is 0 Å². The maximum Gasteiger partial charge on any atom is 0.349 e. The number of aryl methyl sites for hydroxylation is 1. The Morgan fingerprint density at radius 2 is 1.88 bits per heavy atom. The predicted molar refractivity (Wildman–Crippen MR) is 96.4 cm³/mol. The molecule has 0 unspecified atom stereocenters. The molecule has 0 saturated heterocycles. The van der Waals surface area contributed by atoms with Crippen molar-refractivity contribution in [1.29, 1.82) is 0 Å². The van der Waals surface area contributed by atoms with Crippen LogP contribution < -0.4 is 5.32 Å². The first-order valence-electron chi connectivity index (χ1n) is 7.82. The van der Waals surface area contributed by atoms with Crippen molar-refractivity contribution in [3.63, 3.8) is 0 Å². The summed E-state index contributed by atoms with van der Waals surface area (Å²) in [5.74, 6) is -2.85. The number of hydrogen-bond acceptors (Lipinski definition) is 4. The van der Waals surface area contributed by atoms with Crippen molar-refractivity contribution in [2.24, 2.45) is 0 Å². The van der Waals surface area contributed by atoms with Crippen molar-refractivity contribution in [2.45, 2.75) is 20.0 Å². The van der Waals surface area contributed by atoms with Crippen LogP contribution in [0.4, 0.5) is 14.5 Å². The van der Waals surface area contributed by atoms with E-state index in [9.17, 15) is 18.4 Å². The Hall–Kier alpha value is -2.80. The van der Waals surface area contributed by atoms with E-state index in [2.05, 4.69) is 5.32 Å². The Labute approximate surface area is 152 Å². The van der Waals surface area contributed by atoms with Crippen molar-refractivity contribution < 1.29 is 23.1 Å². The van der Waals surface area contributed by atoms with Crippen molar-refractivity contribution in [3.8, 4) is 0 Å². The van der Waals surface area contributed by atoms with Gasteiger partial charge >= 0.3 is 5.97 Å². The zero-order valence-electron chi connectivity index (χ0n) is 14.0. The van der Waals surface area contributed by atoms with E-state index in [0.717, 1.165) is 33.8 Å². The Bertz CT molecular complexity index is 1000. The first-order chi connectivity index (χ1) is 12.4. The summed E-state index contributed by atoms with van der Waals surface area (Å²) in [4.78, 5) is 24.9. The molecule has 7 heteroatoms. The lowest BCUT2D eigenvalue weighted by Gasteiger charge is -2.13. The number of carbonyl (C=O) groups excluding carboxylic acids is 2. The van der Waals surface area contributed by atoms with Crippen LogP contribution in [0.1, 0.15) is 22.2 Å². The summed E-state index contributed by atoms with van der Waals surface area (Å²) in [5, 5.41) is 3.17. The molecule has 0 bridgehead atoms. The van der Waals surface area contributed by atoms with Gasteiger partial charge in [-0.3, -0.25) is 4.79 Å².